The minimum Gasteiger partial charge on any atom is -0.369 e. The Hall–Kier alpha value is -1.10. The summed E-state index contributed by atoms with van der Waals surface area (Å²) in [6.07, 6.45) is 6.82. The molecule has 0 aliphatic heterocycles. The number of amides is 2. The van der Waals surface area contributed by atoms with Gasteiger partial charge in [-0.2, -0.15) is 0 Å². The Morgan fingerprint density at radius 1 is 1.24 bits per heavy atom. The normalized spacial score (nSPS) is 19.2. The Kier molecular flexibility index (Phi) is 5.41. The van der Waals surface area contributed by atoms with Crippen molar-refractivity contribution in [2.45, 2.75) is 44.6 Å². The van der Waals surface area contributed by atoms with Gasteiger partial charge in [-0.25, -0.2) is 0 Å². The number of nitrogens with two attached hydrogens (primary N) is 2. The third-order valence-electron chi connectivity index (χ3n) is 3.55. The summed E-state index contributed by atoms with van der Waals surface area (Å²) < 4.78 is 0. The first-order valence-corrected chi connectivity index (χ1v) is 6.28. The van der Waals surface area contributed by atoms with Gasteiger partial charge in [0.1, 0.15) is 0 Å². The van der Waals surface area contributed by atoms with Crippen molar-refractivity contribution in [3.63, 3.8) is 0 Å². The average Bonchev–Trinajstić information content (AvgIpc) is 2.25. The quantitative estimate of drug-likeness (QED) is 0.697. The number of hydrogen-bond acceptors (Lipinski definition) is 3. The van der Waals surface area contributed by atoms with Crippen molar-refractivity contribution in [2.75, 3.05) is 13.6 Å². The lowest BCUT2D eigenvalue weighted by Gasteiger charge is -2.30. The highest BCUT2D eigenvalue weighted by molar-refractivity contribution is 5.81. The molecule has 0 aromatic carbocycles. The molecule has 1 atom stereocenters. The predicted octanol–water partition coefficient (Wildman–Crippen LogP) is 0.228. The third kappa shape index (κ3) is 4.73. The van der Waals surface area contributed by atoms with Crippen LogP contribution < -0.4 is 11.5 Å². The summed E-state index contributed by atoms with van der Waals surface area (Å²) in [6, 6.07) is -0.370. The molecule has 0 radical (unpaired) electrons. The lowest BCUT2D eigenvalue weighted by Crippen LogP contribution is -2.47. The lowest BCUT2D eigenvalue weighted by molar-refractivity contribution is -0.125. The van der Waals surface area contributed by atoms with Crippen molar-refractivity contribution in [1.29, 1.82) is 0 Å². The predicted molar refractivity (Wildman–Crippen MR) is 66.0 cm³/mol. The highest BCUT2D eigenvalue weighted by Crippen LogP contribution is 2.28. The molecule has 0 heterocycles. The molecule has 17 heavy (non-hydrogen) atoms. The van der Waals surface area contributed by atoms with Crippen LogP contribution in [0.1, 0.15) is 38.5 Å². The maximum absolute atomic E-state index is 11.4. The number of primary amides is 2. The minimum absolute atomic E-state index is 0.0837. The highest BCUT2D eigenvalue weighted by atomic mass is 16.2. The van der Waals surface area contributed by atoms with Crippen molar-refractivity contribution < 1.29 is 9.59 Å². The fourth-order valence-electron chi connectivity index (χ4n) is 2.61. The number of likely N-dealkylation sites (N-methyl/N-ethyl adjacent to an activating group) is 1. The first-order valence-electron chi connectivity index (χ1n) is 6.28. The minimum atomic E-state index is -0.428. The summed E-state index contributed by atoms with van der Waals surface area (Å²) in [6.45, 7) is 0.0837. The molecule has 1 saturated carbocycles. The van der Waals surface area contributed by atoms with Gasteiger partial charge in [-0.05, 0) is 19.4 Å². The second-order valence-electron chi connectivity index (χ2n) is 5.04. The molecule has 2 amide bonds. The fourth-order valence-corrected chi connectivity index (χ4v) is 2.61. The zero-order valence-corrected chi connectivity index (χ0v) is 10.5. The van der Waals surface area contributed by atoms with Gasteiger partial charge in [-0.1, -0.05) is 32.1 Å². The van der Waals surface area contributed by atoms with Crippen LogP contribution >= 0.6 is 0 Å². The van der Waals surface area contributed by atoms with Gasteiger partial charge in [-0.15, -0.1) is 0 Å². The largest absolute Gasteiger partial charge is 0.369 e. The molecule has 0 aromatic heterocycles. The van der Waals surface area contributed by atoms with E-state index in [0.29, 0.717) is 5.92 Å². The fraction of sp³-hybridized carbons (Fsp3) is 0.833. The van der Waals surface area contributed by atoms with Crippen LogP contribution in [0.15, 0.2) is 0 Å². The Balaban J connectivity index is 2.52. The number of rotatable bonds is 6. The van der Waals surface area contributed by atoms with E-state index >= 15 is 0 Å². The van der Waals surface area contributed by atoms with Crippen LogP contribution in [0.2, 0.25) is 0 Å². The number of carbonyl (C=O) groups excluding carboxylic acids is 2. The van der Waals surface area contributed by atoms with Crippen LogP contribution in [0, 0.1) is 5.92 Å². The Bertz CT molecular complexity index is 275. The van der Waals surface area contributed by atoms with Crippen LogP contribution in [0.25, 0.3) is 0 Å². The lowest BCUT2D eigenvalue weighted by atomic mass is 9.84. The summed E-state index contributed by atoms with van der Waals surface area (Å²) in [7, 11) is 1.73. The molecular formula is C12H23N3O2. The molecule has 0 spiro atoms. The van der Waals surface area contributed by atoms with Gasteiger partial charge in [0.15, 0.2) is 0 Å². The van der Waals surface area contributed by atoms with E-state index in [-0.39, 0.29) is 18.5 Å². The first-order chi connectivity index (χ1) is 8.00. The van der Waals surface area contributed by atoms with Gasteiger partial charge in [0, 0.05) is 0 Å². The van der Waals surface area contributed by atoms with Gasteiger partial charge in [0.25, 0.3) is 0 Å². The maximum Gasteiger partial charge on any atom is 0.234 e. The summed E-state index contributed by atoms with van der Waals surface area (Å²) in [5, 5.41) is 0. The first kappa shape index (κ1) is 14.0. The summed E-state index contributed by atoms with van der Waals surface area (Å²) in [4.78, 5) is 23.9. The molecule has 1 fully saturated rings. The zero-order chi connectivity index (χ0) is 12.8. The van der Waals surface area contributed by atoms with Gasteiger partial charge >= 0.3 is 0 Å². The average molecular weight is 241 g/mol. The van der Waals surface area contributed by atoms with E-state index < -0.39 is 5.91 Å². The Labute approximate surface area is 103 Å². The van der Waals surface area contributed by atoms with E-state index in [4.69, 9.17) is 11.5 Å². The van der Waals surface area contributed by atoms with E-state index in [2.05, 4.69) is 0 Å². The molecular weight excluding hydrogens is 218 g/mol. The van der Waals surface area contributed by atoms with Crippen molar-refractivity contribution >= 4 is 11.8 Å². The van der Waals surface area contributed by atoms with E-state index in [1.165, 1.54) is 19.3 Å². The topological polar surface area (TPSA) is 89.4 Å². The number of carbonyl (C=O) groups is 2. The second kappa shape index (κ2) is 6.59. The smallest absolute Gasteiger partial charge is 0.234 e. The molecule has 1 rings (SSSR count). The standard InChI is InChI=1S/C12H23N3O2/c1-15(8-11(13)16)10(12(14)17)7-9-5-3-2-4-6-9/h9-10H,2-8H2,1H3,(H2,13,16)(H2,14,17). The van der Waals surface area contributed by atoms with Crippen molar-refractivity contribution in [3.8, 4) is 0 Å². The summed E-state index contributed by atoms with van der Waals surface area (Å²) >= 11 is 0. The molecule has 0 bridgehead atoms. The molecule has 1 aliphatic rings. The SMILES string of the molecule is CN(CC(N)=O)C(CC1CCCCC1)C(N)=O. The van der Waals surface area contributed by atoms with Crippen LogP contribution in [0.4, 0.5) is 0 Å². The van der Waals surface area contributed by atoms with Crippen LogP contribution in [0.3, 0.4) is 0 Å². The number of hydrogen-bond donors (Lipinski definition) is 2. The van der Waals surface area contributed by atoms with Gasteiger partial charge in [0.05, 0.1) is 12.6 Å². The zero-order valence-electron chi connectivity index (χ0n) is 10.5. The van der Waals surface area contributed by atoms with E-state index in [1.54, 1.807) is 11.9 Å². The van der Waals surface area contributed by atoms with Crippen LogP contribution in [-0.4, -0.2) is 36.3 Å². The highest BCUT2D eigenvalue weighted by Gasteiger charge is 2.26. The van der Waals surface area contributed by atoms with Crippen LogP contribution in [-0.2, 0) is 9.59 Å². The van der Waals surface area contributed by atoms with Gasteiger partial charge < -0.3 is 11.5 Å². The van der Waals surface area contributed by atoms with Crippen LogP contribution in [0.5, 0.6) is 0 Å². The maximum atomic E-state index is 11.4. The molecule has 0 aromatic rings. The molecule has 5 nitrogen and oxygen atoms in total. The van der Waals surface area contributed by atoms with Crippen molar-refractivity contribution in [2.24, 2.45) is 17.4 Å². The molecule has 98 valence electrons. The van der Waals surface area contributed by atoms with Gasteiger partial charge in [0.2, 0.25) is 11.8 Å². The monoisotopic (exact) mass is 241 g/mol. The van der Waals surface area contributed by atoms with Gasteiger partial charge in [-0.3, -0.25) is 14.5 Å². The molecule has 1 unspecified atom stereocenters. The second-order valence-corrected chi connectivity index (χ2v) is 5.04. The Morgan fingerprint density at radius 3 is 2.29 bits per heavy atom. The van der Waals surface area contributed by atoms with E-state index in [1.807, 2.05) is 0 Å². The summed E-state index contributed by atoms with van der Waals surface area (Å²) in [5.41, 5.74) is 10.5. The van der Waals surface area contributed by atoms with Crippen molar-refractivity contribution in [1.82, 2.24) is 4.90 Å². The molecule has 5 heteroatoms. The molecule has 1 aliphatic carbocycles. The van der Waals surface area contributed by atoms with E-state index in [9.17, 15) is 9.59 Å². The Morgan fingerprint density at radius 2 is 1.82 bits per heavy atom. The molecule has 4 N–H and O–H groups in total. The molecule has 0 saturated heterocycles. The van der Waals surface area contributed by atoms with E-state index in [0.717, 1.165) is 19.3 Å². The summed E-state index contributed by atoms with van der Waals surface area (Å²) in [5.74, 6) is -0.238. The number of nitrogens with zero attached hydrogens (tertiary/aromatic N) is 1. The van der Waals surface area contributed by atoms with Crippen molar-refractivity contribution in [3.05, 3.63) is 0 Å². The third-order valence-corrected chi connectivity index (χ3v) is 3.55.